The zero-order chi connectivity index (χ0) is 19.5. The number of ether oxygens (including phenoxy) is 1. The van der Waals surface area contributed by atoms with Gasteiger partial charge in [0.25, 0.3) is 5.91 Å². The van der Waals surface area contributed by atoms with Crippen LogP contribution in [0.3, 0.4) is 0 Å². The largest absolute Gasteiger partial charge is 0.484 e. The summed E-state index contributed by atoms with van der Waals surface area (Å²) in [6.07, 6.45) is 3.63. The number of likely N-dealkylation sites (tertiary alicyclic amines) is 1. The van der Waals surface area contributed by atoms with Crippen LogP contribution in [-0.4, -0.2) is 55.6 Å². The molecular formula is C19H22N6O3. The smallest absolute Gasteiger partial charge is 0.260 e. The lowest BCUT2D eigenvalue weighted by atomic mass is 10.1. The van der Waals surface area contributed by atoms with E-state index in [1.165, 1.54) is 0 Å². The molecule has 0 unspecified atom stereocenters. The summed E-state index contributed by atoms with van der Waals surface area (Å²) in [6.45, 7) is 5.04. The van der Waals surface area contributed by atoms with E-state index >= 15 is 0 Å². The van der Waals surface area contributed by atoms with E-state index in [1.54, 1.807) is 17.8 Å². The SMILES string of the molecule is Cc1cccc(OCC(=O)N2CCC[C@H](n3cc(-c4noc(C)n4)nn3)C2)c1. The summed E-state index contributed by atoms with van der Waals surface area (Å²) in [5, 5.41) is 12.2. The van der Waals surface area contributed by atoms with Gasteiger partial charge in [-0.3, -0.25) is 4.79 Å². The first-order chi connectivity index (χ1) is 13.6. The fourth-order valence-electron chi connectivity index (χ4n) is 3.30. The first kappa shape index (κ1) is 18.1. The van der Waals surface area contributed by atoms with Gasteiger partial charge in [-0.05, 0) is 37.5 Å². The lowest BCUT2D eigenvalue weighted by molar-refractivity contribution is -0.135. The van der Waals surface area contributed by atoms with Gasteiger partial charge < -0.3 is 14.2 Å². The van der Waals surface area contributed by atoms with Crippen LogP contribution in [0, 0.1) is 13.8 Å². The van der Waals surface area contributed by atoms with Crippen LogP contribution in [0.5, 0.6) is 5.75 Å². The van der Waals surface area contributed by atoms with E-state index < -0.39 is 0 Å². The van der Waals surface area contributed by atoms with Crippen LogP contribution in [0.15, 0.2) is 35.0 Å². The van der Waals surface area contributed by atoms with Crippen molar-refractivity contribution in [1.29, 1.82) is 0 Å². The highest BCUT2D eigenvalue weighted by atomic mass is 16.5. The Bertz CT molecular complexity index is 966. The first-order valence-electron chi connectivity index (χ1n) is 9.28. The molecule has 28 heavy (non-hydrogen) atoms. The number of carbonyl (C=O) groups is 1. The van der Waals surface area contributed by atoms with Crippen molar-refractivity contribution in [3.63, 3.8) is 0 Å². The average molecular weight is 382 g/mol. The summed E-state index contributed by atoms with van der Waals surface area (Å²) in [6, 6.07) is 7.75. The molecule has 0 radical (unpaired) electrons. The Kier molecular flexibility index (Phi) is 5.05. The van der Waals surface area contributed by atoms with Gasteiger partial charge >= 0.3 is 0 Å². The molecule has 0 spiro atoms. The van der Waals surface area contributed by atoms with E-state index in [0.717, 1.165) is 24.9 Å². The molecule has 0 aliphatic carbocycles. The van der Waals surface area contributed by atoms with E-state index in [9.17, 15) is 4.79 Å². The third-order valence-corrected chi connectivity index (χ3v) is 4.74. The fourth-order valence-corrected chi connectivity index (χ4v) is 3.30. The van der Waals surface area contributed by atoms with Crippen molar-refractivity contribution in [2.45, 2.75) is 32.7 Å². The van der Waals surface area contributed by atoms with Crippen molar-refractivity contribution in [1.82, 2.24) is 30.0 Å². The van der Waals surface area contributed by atoms with Gasteiger partial charge in [-0.25, -0.2) is 4.68 Å². The first-order valence-corrected chi connectivity index (χ1v) is 9.28. The maximum absolute atomic E-state index is 12.6. The zero-order valence-corrected chi connectivity index (χ0v) is 15.9. The van der Waals surface area contributed by atoms with Crippen molar-refractivity contribution in [3.05, 3.63) is 41.9 Å². The predicted octanol–water partition coefficient (Wildman–Crippen LogP) is 2.19. The molecule has 2 aromatic heterocycles. The maximum atomic E-state index is 12.6. The molecular weight excluding hydrogens is 360 g/mol. The monoisotopic (exact) mass is 382 g/mol. The minimum absolute atomic E-state index is 0.0275. The van der Waals surface area contributed by atoms with E-state index in [2.05, 4.69) is 20.5 Å². The second-order valence-electron chi connectivity index (χ2n) is 6.96. The molecule has 1 aliphatic rings. The molecule has 3 aromatic rings. The Morgan fingerprint density at radius 1 is 1.36 bits per heavy atom. The quantitative estimate of drug-likeness (QED) is 0.667. The fraction of sp³-hybridized carbons (Fsp3) is 0.421. The van der Waals surface area contributed by atoms with Gasteiger partial charge in [0.2, 0.25) is 11.7 Å². The van der Waals surface area contributed by atoms with Gasteiger partial charge in [0.05, 0.1) is 12.2 Å². The predicted molar refractivity (Wildman–Crippen MR) is 99.6 cm³/mol. The second kappa shape index (κ2) is 7.79. The van der Waals surface area contributed by atoms with Crippen LogP contribution in [0.2, 0.25) is 0 Å². The van der Waals surface area contributed by atoms with Gasteiger partial charge in [0.15, 0.2) is 12.3 Å². The summed E-state index contributed by atoms with van der Waals surface area (Å²) < 4.78 is 12.4. The molecule has 1 saturated heterocycles. The minimum atomic E-state index is -0.0275. The molecule has 146 valence electrons. The Balaban J connectivity index is 1.37. The van der Waals surface area contributed by atoms with E-state index in [0.29, 0.717) is 29.7 Å². The summed E-state index contributed by atoms with van der Waals surface area (Å²) in [7, 11) is 0. The number of amides is 1. The number of aryl methyl sites for hydroxylation is 2. The molecule has 1 amide bonds. The van der Waals surface area contributed by atoms with Crippen molar-refractivity contribution in [2.75, 3.05) is 19.7 Å². The number of carbonyl (C=O) groups excluding carboxylic acids is 1. The molecule has 0 saturated carbocycles. The second-order valence-corrected chi connectivity index (χ2v) is 6.96. The normalized spacial score (nSPS) is 16.9. The van der Waals surface area contributed by atoms with Gasteiger partial charge in [-0.1, -0.05) is 22.5 Å². The molecule has 3 heterocycles. The van der Waals surface area contributed by atoms with Crippen molar-refractivity contribution >= 4 is 5.91 Å². The standard InChI is InChI=1S/C19H22N6O3/c1-13-5-3-7-16(9-13)27-12-18(26)24-8-4-6-15(10-24)25-11-17(21-23-25)19-20-14(2)28-22-19/h3,5,7,9,11,15H,4,6,8,10,12H2,1-2H3/t15-/m0/s1. The van der Waals surface area contributed by atoms with Crippen LogP contribution in [0.4, 0.5) is 0 Å². The van der Waals surface area contributed by atoms with Gasteiger partial charge in [0, 0.05) is 20.0 Å². The molecule has 0 N–H and O–H groups in total. The van der Waals surface area contributed by atoms with Gasteiger partial charge in [0.1, 0.15) is 5.75 Å². The van der Waals surface area contributed by atoms with E-state index in [4.69, 9.17) is 9.26 Å². The molecule has 1 fully saturated rings. The van der Waals surface area contributed by atoms with Crippen LogP contribution in [0.1, 0.15) is 30.3 Å². The van der Waals surface area contributed by atoms with Gasteiger partial charge in [-0.2, -0.15) is 4.98 Å². The zero-order valence-electron chi connectivity index (χ0n) is 15.9. The summed E-state index contributed by atoms with van der Waals surface area (Å²) >= 11 is 0. The molecule has 9 nitrogen and oxygen atoms in total. The van der Waals surface area contributed by atoms with Crippen LogP contribution >= 0.6 is 0 Å². The molecule has 1 aliphatic heterocycles. The molecule has 0 bridgehead atoms. The third-order valence-electron chi connectivity index (χ3n) is 4.74. The maximum Gasteiger partial charge on any atom is 0.260 e. The molecule has 9 heteroatoms. The van der Waals surface area contributed by atoms with E-state index in [-0.39, 0.29) is 18.6 Å². The number of benzene rings is 1. The number of rotatable bonds is 5. The Morgan fingerprint density at radius 2 is 2.25 bits per heavy atom. The molecule has 1 aromatic carbocycles. The molecule has 1 atom stereocenters. The highest BCUT2D eigenvalue weighted by Gasteiger charge is 2.26. The number of hydrogen-bond acceptors (Lipinski definition) is 7. The van der Waals surface area contributed by atoms with Crippen LogP contribution in [0.25, 0.3) is 11.5 Å². The van der Waals surface area contributed by atoms with Crippen molar-refractivity contribution < 1.29 is 14.1 Å². The number of aromatic nitrogens is 5. The Hall–Kier alpha value is -3.23. The summed E-state index contributed by atoms with van der Waals surface area (Å²) in [5.74, 6) is 1.57. The van der Waals surface area contributed by atoms with Gasteiger partial charge in [-0.15, -0.1) is 5.10 Å². The lowest BCUT2D eigenvalue weighted by Gasteiger charge is -2.32. The van der Waals surface area contributed by atoms with Crippen LogP contribution < -0.4 is 4.74 Å². The van der Waals surface area contributed by atoms with Crippen molar-refractivity contribution in [2.24, 2.45) is 0 Å². The minimum Gasteiger partial charge on any atom is -0.484 e. The summed E-state index contributed by atoms with van der Waals surface area (Å²) in [5.41, 5.74) is 1.66. The highest BCUT2D eigenvalue weighted by molar-refractivity contribution is 5.77. The highest BCUT2D eigenvalue weighted by Crippen LogP contribution is 2.23. The third kappa shape index (κ3) is 4.03. The van der Waals surface area contributed by atoms with Crippen LogP contribution in [-0.2, 0) is 4.79 Å². The Labute approximate surface area is 162 Å². The Morgan fingerprint density at radius 3 is 3.04 bits per heavy atom. The van der Waals surface area contributed by atoms with Crippen molar-refractivity contribution in [3.8, 4) is 17.3 Å². The average Bonchev–Trinajstić information content (AvgIpc) is 3.35. The number of hydrogen-bond donors (Lipinski definition) is 0. The lowest BCUT2D eigenvalue weighted by Crippen LogP contribution is -2.43. The number of nitrogens with zero attached hydrogens (tertiary/aromatic N) is 6. The molecule has 4 rings (SSSR count). The topological polar surface area (TPSA) is 99.2 Å². The number of piperidine rings is 1. The summed E-state index contributed by atoms with van der Waals surface area (Å²) in [4.78, 5) is 18.6. The van der Waals surface area contributed by atoms with E-state index in [1.807, 2.05) is 36.1 Å².